The molecule has 1 heterocycles. The fourth-order valence-electron chi connectivity index (χ4n) is 1.44. The lowest BCUT2D eigenvalue weighted by Gasteiger charge is -2.06. The summed E-state index contributed by atoms with van der Waals surface area (Å²) in [6, 6.07) is 7.86. The van der Waals surface area contributed by atoms with Crippen LogP contribution in [0.1, 0.15) is 0 Å². The lowest BCUT2D eigenvalue weighted by Crippen LogP contribution is -2.29. The number of aromatic nitrogens is 2. The van der Waals surface area contributed by atoms with Crippen molar-refractivity contribution in [1.82, 2.24) is 9.78 Å². The molecule has 1 aromatic carbocycles. The Labute approximate surface area is 113 Å². The van der Waals surface area contributed by atoms with Crippen LogP contribution in [0.3, 0.4) is 0 Å². The molecule has 0 saturated carbocycles. The molecule has 0 fully saturated rings. The van der Waals surface area contributed by atoms with Gasteiger partial charge in [0.2, 0.25) is 5.91 Å². The van der Waals surface area contributed by atoms with E-state index in [1.165, 1.54) is 12.3 Å². The first-order chi connectivity index (χ1) is 9.04. The van der Waals surface area contributed by atoms with Crippen LogP contribution < -0.4 is 16.6 Å². The van der Waals surface area contributed by atoms with Crippen molar-refractivity contribution in [1.29, 1.82) is 0 Å². The number of nitrogens with one attached hydrogen (secondary N) is 1. The van der Waals surface area contributed by atoms with Crippen molar-refractivity contribution in [3.63, 3.8) is 0 Å². The number of rotatable bonds is 3. The number of nitrogens with zero attached hydrogens (tertiary/aromatic N) is 2. The van der Waals surface area contributed by atoms with Crippen molar-refractivity contribution in [2.45, 2.75) is 6.54 Å². The number of amides is 1. The van der Waals surface area contributed by atoms with E-state index in [1.54, 1.807) is 24.3 Å². The maximum atomic E-state index is 11.7. The summed E-state index contributed by atoms with van der Waals surface area (Å²) in [4.78, 5) is 23.2. The highest BCUT2D eigenvalue weighted by Crippen LogP contribution is 2.13. The molecule has 19 heavy (non-hydrogen) atoms. The molecule has 0 aliphatic carbocycles. The third kappa shape index (κ3) is 3.56. The fourth-order valence-corrected chi connectivity index (χ4v) is 1.56. The summed E-state index contributed by atoms with van der Waals surface area (Å²) in [5, 5.41) is 6.98. The van der Waals surface area contributed by atoms with Crippen molar-refractivity contribution < 1.29 is 4.79 Å². The predicted molar refractivity (Wildman–Crippen MR) is 73.0 cm³/mol. The standard InChI is InChI=1S/C12H11ClN4O2/c13-8-1-3-10(4-2-8)16-11(18)7-17-12(19)5-9(14)6-15-17/h1-6H,7,14H2,(H,16,18). The molecule has 7 heteroatoms. The summed E-state index contributed by atoms with van der Waals surface area (Å²) in [5.41, 5.74) is 5.84. The zero-order valence-electron chi connectivity index (χ0n) is 9.84. The number of anilines is 2. The molecular formula is C12H11ClN4O2. The zero-order valence-corrected chi connectivity index (χ0v) is 10.6. The Balaban J connectivity index is 2.05. The number of carbonyl (C=O) groups excluding carboxylic acids is 1. The largest absolute Gasteiger partial charge is 0.397 e. The lowest BCUT2D eigenvalue weighted by molar-refractivity contribution is -0.117. The average Bonchev–Trinajstić information content (AvgIpc) is 2.36. The Morgan fingerprint density at radius 2 is 2.05 bits per heavy atom. The average molecular weight is 279 g/mol. The number of nitrogens with two attached hydrogens (primary N) is 1. The number of halogens is 1. The van der Waals surface area contributed by atoms with E-state index in [-0.39, 0.29) is 18.1 Å². The van der Waals surface area contributed by atoms with E-state index in [0.717, 1.165) is 4.68 Å². The van der Waals surface area contributed by atoms with E-state index in [9.17, 15) is 9.59 Å². The summed E-state index contributed by atoms with van der Waals surface area (Å²) in [5.74, 6) is -0.360. The monoisotopic (exact) mass is 278 g/mol. The second-order valence-electron chi connectivity index (χ2n) is 3.84. The number of benzene rings is 1. The molecule has 0 unspecified atom stereocenters. The molecule has 3 N–H and O–H groups in total. The minimum atomic E-state index is -0.425. The van der Waals surface area contributed by atoms with E-state index in [0.29, 0.717) is 10.7 Å². The molecule has 0 aliphatic rings. The molecule has 98 valence electrons. The second kappa shape index (κ2) is 5.53. The van der Waals surface area contributed by atoms with Crippen LogP contribution >= 0.6 is 11.6 Å². The highest BCUT2D eigenvalue weighted by Gasteiger charge is 2.06. The van der Waals surface area contributed by atoms with Gasteiger partial charge in [0.1, 0.15) is 6.54 Å². The Morgan fingerprint density at radius 3 is 2.68 bits per heavy atom. The summed E-state index contributed by atoms with van der Waals surface area (Å²) >= 11 is 5.73. The maximum absolute atomic E-state index is 11.7. The minimum Gasteiger partial charge on any atom is -0.397 e. The molecule has 1 aromatic heterocycles. The normalized spacial score (nSPS) is 10.2. The zero-order chi connectivity index (χ0) is 13.8. The van der Waals surface area contributed by atoms with Crippen molar-refractivity contribution in [2.24, 2.45) is 0 Å². The van der Waals surface area contributed by atoms with Crippen molar-refractivity contribution >= 4 is 28.9 Å². The van der Waals surface area contributed by atoms with Crippen LogP contribution in [0.25, 0.3) is 0 Å². The van der Waals surface area contributed by atoms with Gasteiger partial charge in [-0.15, -0.1) is 0 Å². The van der Waals surface area contributed by atoms with Crippen LogP contribution in [0.2, 0.25) is 5.02 Å². The Kier molecular flexibility index (Phi) is 3.82. The molecule has 0 radical (unpaired) electrons. The van der Waals surface area contributed by atoms with E-state index in [2.05, 4.69) is 10.4 Å². The van der Waals surface area contributed by atoms with Gasteiger partial charge >= 0.3 is 0 Å². The van der Waals surface area contributed by atoms with Crippen molar-refractivity contribution in [2.75, 3.05) is 11.1 Å². The quantitative estimate of drug-likeness (QED) is 0.880. The second-order valence-corrected chi connectivity index (χ2v) is 4.28. The Bertz CT molecular complexity index is 652. The molecule has 0 saturated heterocycles. The van der Waals surface area contributed by atoms with Crippen molar-refractivity contribution in [3.05, 3.63) is 51.9 Å². The minimum absolute atomic E-state index is 0.179. The Morgan fingerprint density at radius 1 is 1.37 bits per heavy atom. The van der Waals surface area contributed by atoms with Crippen molar-refractivity contribution in [3.8, 4) is 0 Å². The van der Waals surface area contributed by atoms with E-state index in [4.69, 9.17) is 17.3 Å². The van der Waals surface area contributed by atoms with Crippen LogP contribution in [-0.2, 0) is 11.3 Å². The summed E-state index contributed by atoms with van der Waals surface area (Å²) < 4.78 is 1.03. The van der Waals surface area contributed by atoms with Crippen LogP contribution in [0.5, 0.6) is 0 Å². The maximum Gasteiger partial charge on any atom is 0.269 e. The summed E-state index contributed by atoms with van der Waals surface area (Å²) in [6.07, 6.45) is 1.32. The smallest absolute Gasteiger partial charge is 0.269 e. The molecule has 2 aromatic rings. The lowest BCUT2D eigenvalue weighted by atomic mass is 10.3. The van der Waals surface area contributed by atoms with Crippen LogP contribution in [0.4, 0.5) is 11.4 Å². The Hall–Kier alpha value is -2.34. The van der Waals surface area contributed by atoms with E-state index < -0.39 is 5.56 Å². The number of nitrogen functional groups attached to an aromatic ring is 1. The molecule has 0 aliphatic heterocycles. The van der Waals surface area contributed by atoms with Gasteiger partial charge in [-0.25, -0.2) is 4.68 Å². The van der Waals surface area contributed by atoms with Gasteiger partial charge in [0, 0.05) is 16.8 Å². The molecule has 6 nitrogen and oxygen atoms in total. The van der Waals surface area contributed by atoms with Gasteiger partial charge in [0.25, 0.3) is 5.56 Å². The predicted octanol–water partition coefficient (Wildman–Crippen LogP) is 1.12. The molecule has 0 atom stereocenters. The molecule has 1 amide bonds. The van der Waals surface area contributed by atoms with Gasteiger partial charge in [-0.1, -0.05) is 11.6 Å². The molecular weight excluding hydrogens is 268 g/mol. The van der Waals surface area contributed by atoms with Gasteiger partial charge in [0.05, 0.1) is 11.9 Å². The molecule has 2 rings (SSSR count). The van der Waals surface area contributed by atoms with Gasteiger partial charge in [-0.3, -0.25) is 9.59 Å². The fraction of sp³-hybridized carbons (Fsp3) is 0.0833. The number of carbonyl (C=O) groups is 1. The molecule has 0 bridgehead atoms. The highest BCUT2D eigenvalue weighted by molar-refractivity contribution is 6.30. The van der Waals surface area contributed by atoms with Crippen LogP contribution in [0.15, 0.2) is 41.3 Å². The van der Waals surface area contributed by atoms with Crippen LogP contribution in [-0.4, -0.2) is 15.7 Å². The van der Waals surface area contributed by atoms with E-state index in [1.807, 2.05) is 0 Å². The van der Waals surface area contributed by atoms with Crippen LogP contribution in [0, 0.1) is 0 Å². The molecule has 0 spiro atoms. The summed E-state index contributed by atoms with van der Waals surface area (Å²) in [6.45, 7) is -0.179. The van der Waals surface area contributed by atoms with Gasteiger partial charge in [-0.05, 0) is 24.3 Å². The third-order valence-corrected chi connectivity index (χ3v) is 2.56. The van der Waals surface area contributed by atoms with Gasteiger partial charge < -0.3 is 11.1 Å². The SMILES string of the molecule is Nc1cnn(CC(=O)Nc2ccc(Cl)cc2)c(=O)c1. The van der Waals surface area contributed by atoms with E-state index >= 15 is 0 Å². The first-order valence-corrected chi connectivity index (χ1v) is 5.80. The van der Waals surface area contributed by atoms with Gasteiger partial charge in [-0.2, -0.15) is 5.10 Å². The topological polar surface area (TPSA) is 90.0 Å². The third-order valence-electron chi connectivity index (χ3n) is 2.31. The number of hydrogen-bond donors (Lipinski definition) is 2. The van der Waals surface area contributed by atoms with Gasteiger partial charge in [0.15, 0.2) is 0 Å². The first kappa shape index (κ1) is 13.1. The first-order valence-electron chi connectivity index (χ1n) is 5.42. The highest BCUT2D eigenvalue weighted by atomic mass is 35.5. The number of hydrogen-bond acceptors (Lipinski definition) is 4. The summed E-state index contributed by atoms with van der Waals surface area (Å²) in [7, 11) is 0.